The van der Waals surface area contributed by atoms with Crippen molar-refractivity contribution in [2.45, 2.75) is 17.9 Å². The average molecular weight is 510 g/mol. The molecule has 0 fully saturated rings. The Morgan fingerprint density at radius 3 is 2.25 bits per heavy atom. The molecule has 1 unspecified atom stereocenters. The Kier molecular flexibility index (Phi) is 8.07. The number of carbonyl (C=O) groups is 2. The number of nitrogens with one attached hydrogen (secondary N) is 1. The number of primary amides is 1. The van der Waals surface area contributed by atoms with E-state index < -0.39 is 27.9 Å². The minimum atomic E-state index is -3.96. The highest BCUT2D eigenvalue weighted by Crippen LogP contribution is 2.31. The normalized spacial score (nSPS) is 11.9. The molecule has 11 heteroatoms. The lowest BCUT2D eigenvalue weighted by Crippen LogP contribution is -2.41. The number of nitrogens with zero attached hydrogens (tertiary/aromatic N) is 1. The number of hydrogen-bond donors (Lipinski definition) is 4. The van der Waals surface area contributed by atoms with Gasteiger partial charge in [0.1, 0.15) is 18.4 Å². The van der Waals surface area contributed by atoms with Crippen molar-refractivity contribution >= 4 is 33.4 Å². The fourth-order valence-corrected chi connectivity index (χ4v) is 4.59. The van der Waals surface area contributed by atoms with Crippen LogP contribution < -0.4 is 21.5 Å². The predicted octanol–water partition coefficient (Wildman–Crippen LogP) is 1.88. The molecule has 0 spiro atoms. The Morgan fingerprint density at radius 1 is 1.00 bits per heavy atom. The van der Waals surface area contributed by atoms with Gasteiger partial charge in [0.15, 0.2) is 0 Å². The molecule has 188 valence electrons. The Labute approximate surface area is 209 Å². The number of carbonyl (C=O) groups excluding carboxylic acids is 2. The van der Waals surface area contributed by atoms with Crippen LogP contribution in [0.15, 0.2) is 77.7 Å². The van der Waals surface area contributed by atoms with Crippen LogP contribution in [-0.2, 0) is 24.3 Å². The van der Waals surface area contributed by atoms with Gasteiger partial charge in [-0.2, -0.15) is 0 Å². The molecule has 0 heterocycles. The highest BCUT2D eigenvalue weighted by molar-refractivity contribution is 7.89. The third-order valence-corrected chi connectivity index (χ3v) is 6.37. The maximum Gasteiger partial charge on any atom is 0.325 e. The van der Waals surface area contributed by atoms with Crippen LogP contribution in [0.25, 0.3) is 11.1 Å². The van der Waals surface area contributed by atoms with Gasteiger partial charge in [-0.1, -0.05) is 54.6 Å². The van der Waals surface area contributed by atoms with Crippen LogP contribution in [0.2, 0.25) is 0 Å². The van der Waals surface area contributed by atoms with Gasteiger partial charge in [-0.15, -0.1) is 0 Å². The lowest BCUT2D eigenvalue weighted by atomic mass is 9.98. The first-order valence-corrected chi connectivity index (χ1v) is 12.5. The highest BCUT2D eigenvalue weighted by atomic mass is 32.2. The van der Waals surface area contributed by atoms with E-state index in [1.165, 1.54) is 11.0 Å². The van der Waals surface area contributed by atoms with Gasteiger partial charge in [0, 0.05) is 16.8 Å². The van der Waals surface area contributed by atoms with Crippen LogP contribution in [0, 0.1) is 5.41 Å². The first-order chi connectivity index (χ1) is 17.0. The summed E-state index contributed by atoms with van der Waals surface area (Å²) in [5, 5.41) is 13.1. The van der Waals surface area contributed by atoms with Crippen LogP contribution in [0.1, 0.15) is 24.1 Å². The molecular weight excluding hydrogens is 482 g/mol. The van der Waals surface area contributed by atoms with Crippen LogP contribution >= 0.6 is 0 Å². The molecule has 10 nitrogen and oxygen atoms in total. The molecule has 0 aliphatic rings. The SMILES string of the molecule is CCOC(=O)CN(c1cccc(C(=N)N)c1)C(C(N)=O)c1ccc(-c2ccccc2S(N)(=O)=O)cc1. The third-order valence-electron chi connectivity index (χ3n) is 5.41. The number of benzene rings is 3. The van der Waals surface area contributed by atoms with E-state index in [9.17, 15) is 18.0 Å². The summed E-state index contributed by atoms with van der Waals surface area (Å²) in [7, 11) is -3.96. The van der Waals surface area contributed by atoms with Crippen molar-refractivity contribution in [3.05, 3.63) is 83.9 Å². The molecule has 36 heavy (non-hydrogen) atoms. The van der Waals surface area contributed by atoms with Crippen LogP contribution in [0.4, 0.5) is 5.69 Å². The van der Waals surface area contributed by atoms with Crippen LogP contribution in [0.3, 0.4) is 0 Å². The third kappa shape index (κ3) is 6.06. The van der Waals surface area contributed by atoms with Gasteiger partial charge in [-0.25, -0.2) is 13.6 Å². The zero-order chi connectivity index (χ0) is 26.5. The number of primary sulfonamides is 1. The number of hydrogen-bond acceptors (Lipinski definition) is 7. The number of sulfonamides is 1. The van der Waals surface area contributed by atoms with Crippen molar-refractivity contribution in [2.24, 2.45) is 16.6 Å². The highest BCUT2D eigenvalue weighted by Gasteiger charge is 2.29. The Bertz CT molecular complexity index is 1390. The standard InChI is InChI=1S/C25H27N5O5S/c1-2-35-22(31)15-30(19-7-5-6-18(14-19)24(26)27)23(25(28)32)17-12-10-16(11-13-17)20-8-3-4-9-21(20)36(29,33)34/h3-14,23H,2,15H2,1H3,(H3,26,27)(H2,28,32)(H2,29,33,34). The van der Waals surface area contributed by atoms with Gasteiger partial charge >= 0.3 is 5.97 Å². The first kappa shape index (κ1) is 26.4. The van der Waals surface area contributed by atoms with Crippen molar-refractivity contribution < 1.29 is 22.7 Å². The minimum absolute atomic E-state index is 0.0332. The Balaban J connectivity index is 2.08. The summed E-state index contributed by atoms with van der Waals surface area (Å²) in [6.45, 7) is 1.53. The molecular formula is C25H27N5O5S. The van der Waals surface area contributed by atoms with Gasteiger partial charge in [0.2, 0.25) is 15.9 Å². The second-order valence-corrected chi connectivity index (χ2v) is 9.39. The summed E-state index contributed by atoms with van der Waals surface area (Å²) < 4.78 is 29.1. The second-order valence-electron chi connectivity index (χ2n) is 7.87. The monoisotopic (exact) mass is 509 g/mol. The zero-order valence-corrected chi connectivity index (χ0v) is 20.4. The summed E-state index contributed by atoms with van der Waals surface area (Å²) in [6, 6.07) is 18.3. The Hall–Kier alpha value is -4.22. The lowest BCUT2D eigenvalue weighted by Gasteiger charge is -2.31. The van der Waals surface area contributed by atoms with E-state index >= 15 is 0 Å². The summed E-state index contributed by atoms with van der Waals surface area (Å²) in [5.74, 6) is -1.48. The molecule has 0 aromatic heterocycles. The zero-order valence-electron chi connectivity index (χ0n) is 19.5. The lowest BCUT2D eigenvalue weighted by molar-refractivity contribution is -0.141. The van der Waals surface area contributed by atoms with Gasteiger partial charge in [0.05, 0.1) is 11.5 Å². The molecule has 0 aliphatic heterocycles. The number of rotatable bonds is 10. The minimum Gasteiger partial charge on any atom is -0.465 e. The van der Waals surface area contributed by atoms with E-state index in [0.717, 1.165) is 0 Å². The van der Waals surface area contributed by atoms with E-state index in [-0.39, 0.29) is 23.9 Å². The van der Waals surface area contributed by atoms with E-state index in [1.807, 2.05) is 0 Å². The smallest absolute Gasteiger partial charge is 0.325 e. The fraction of sp³-hybridized carbons (Fsp3) is 0.160. The van der Waals surface area contributed by atoms with E-state index in [4.69, 9.17) is 26.8 Å². The quantitative estimate of drug-likeness (QED) is 0.183. The first-order valence-electron chi connectivity index (χ1n) is 10.9. The molecule has 3 aromatic rings. The summed E-state index contributed by atoms with van der Waals surface area (Å²) >= 11 is 0. The number of amides is 1. The van der Waals surface area contributed by atoms with E-state index in [2.05, 4.69) is 0 Å². The number of ether oxygens (including phenoxy) is 1. The molecule has 7 N–H and O–H groups in total. The number of esters is 1. The number of amidine groups is 1. The van der Waals surface area contributed by atoms with Gasteiger partial charge in [-0.05, 0) is 36.2 Å². The molecule has 1 amide bonds. The maximum atomic E-state index is 12.7. The second kappa shape index (κ2) is 11.0. The van der Waals surface area contributed by atoms with Crippen molar-refractivity contribution in [1.29, 1.82) is 5.41 Å². The van der Waals surface area contributed by atoms with Crippen molar-refractivity contribution in [2.75, 3.05) is 18.1 Å². The summed E-state index contributed by atoms with van der Waals surface area (Å²) in [6.07, 6.45) is 0. The molecule has 3 rings (SSSR count). The average Bonchev–Trinajstić information content (AvgIpc) is 2.83. The molecule has 3 aromatic carbocycles. The largest absolute Gasteiger partial charge is 0.465 e. The summed E-state index contributed by atoms with van der Waals surface area (Å²) in [5.41, 5.74) is 13.7. The van der Waals surface area contributed by atoms with Gasteiger partial charge in [-0.3, -0.25) is 15.0 Å². The van der Waals surface area contributed by atoms with Crippen LogP contribution in [-0.4, -0.2) is 39.3 Å². The van der Waals surface area contributed by atoms with Gasteiger partial charge in [0.25, 0.3) is 0 Å². The van der Waals surface area contributed by atoms with Crippen molar-refractivity contribution in [1.82, 2.24) is 0 Å². The Morgan fingerprint density at radius 2 is 1.67 bits per heavy atom. The number of anilines is 1. The van der Waals surface area contributed by atoms with E-state index in [0.29, 0.717) is 27.9 Å². The maximum absolute atomic E-state index is 12.7. The predicted molar refractivity (Wildman–Crippen MR) is 137 cm³/mol. The molecule has 0 saturated carbocycles. The fourth-order valence-electron chi connectivity index (χ4n) is 3.83. The number of nitrogen functional groups attached to an aromatic ring is 1. The van der Waals surface area contributed by atoms with Gasteiger partial charge < -0.3 is 21.1 Å². The molecule has 1 atom stereocenters. The number of nitrogens with two attached hydrogens (primary N) is 3. The molecule has 0 saturated heterocycles. The summed E-state index contributed by atoms with van der Waals surface area (Å²) in [4.78, 5) is 26.5. The van der Waals surface area contributed by atoms with E-state index in [1.54, 1.807) is 73.7 Å². The molecule has 0 radical (unpaired) electrons. The molecule has 0 bridgehead atoms. The van der Waals surface area contributed by atoms with Crippen LogP contribution in [0.5, 0.6) is 0 Å². The topological polar surface area (TPSA) is 183 Å². The molecule has 0 aliphatic carbocycles. The van der Waals surface area contributed by atoms with Crippen molar-refractivity contribution in [3.63, 3.8) is 0 Å². The van der Waals surface area contributed by atoms with Crippen molar-refractivity contribution in [3.8, 4) is 11.1 Å².